The summed E-state index contributed by atoms with van der Waals surface area (Å²) in [6.45, 7) is 0.293. The first-order valence-corrected chi connectivity index (χ1v) is 14.5. The lowest BCUT2D eigenvalue weighted by Gasteiger charge is -2.70. The van der Waals surface area contributed by atoms with Gasteiger partial charge in [0.1, 0.15) is 0 Å². The van der Waals surface area contributed by atoms with Crippen molar-refractivity contribution in [3.8, 4) is 0 Å². The predicted octanol–water partition coefficient (Wildman–Crippen LogP) is 5.26. The molecule has 0 spiro atoms. The summed E-state index contributed by atoms with van der Waals surface area (Å²) >= 11 is 0. The smallest absolute Gasteiger partial charge is 0.346 e. The molecule has 7 nitrogen and oxygen atoms in total. The molecule has 7 rings (SSSR count). The zero-order valence-electron chi connectivity index (χ0n) is 21.7. The Balaban J connectivity index is 1.11. The molecule has 3 fully saturated rings. The maximum absolute atomic E-state index is 13.4. The van der Waals surface area contributed by atoms with E-state index in [4.69, 9.17) is 0 Å². The number of halogens is 3. The van der Waals surface area contributed by atoms with E-state index in [1.165, 1.54) is 24.3 Å². The summed E-state index contributed by atoms with van der Waals surface area (Å²) in [4.78, 5) is 26.0. The molecule has 3 saturated carbocycles. The van der Waals surface area contributed by atoms with Gasteiger partial charge in [-0.1, -0.05) is 42.5 Å². The number of hydrogen-bond donors (Lipinski definition) is 2. The predicted molar refractivity (Wildman–Crippen MR) is 145 cm³/mol. The first kappa shape index (κ1) is 27.1. The molecule has 0 aliphatic heterocycles. The maximum Gasteiger partial charge on any atom is 0.416 e. The monoisotopic (exact) mass is 581 g/mol. The number of amides is 2. The summed E-state index contributed by atoms with van der Waals surface area (Å²) in [6, 6.07) is 19.9. The van der Waals surface area contributed by atoms with Crippen molar-refractivity contribution < 1.29 is 31.2 Å². The van der Waals surface area contributed by atoms with E-state index in [0.717, 1.165) is 17.5 Å². The summed E-state index contributed by atoms with van der Waals surface area (Å²) in [5, 5.41) is 3.95. The van der Waals surface area contributed by atoms with Crippen LogP contribution in [0.5, 0.6) is 0 Å². The number of alkyl halides is 3. The largest absolute Gasteiger partial charge is 0.416 e. The van der Waals surface area contributed by atoms with Gasteiger partial charge < -0.3 is 9.88 Å². The molecule has 1 aromatic heterocycles. The molecule has 3 aliphatic rings. The third-order valence-electron chi connectivity index (χ3n) is 8.02. The molecule has 2 N–H and O–H groups in total. The van der Waals surface area contributed by atoms with Gasteiger partial charge in [0.25, 0.3) is 15.9 Å². The van der Waals surface area contributed by atoms with Crippen LogP contribution in [0.3, 0.4) is 0 Å². The average Bonchev–Trinajstić information content (AvgIpc) is 3.29. The number of hydrogen-bond acceptors (Lipinski definition) is 4. The Kier molecular flexibility index (Phi) is 6.25. The van der Waals surface area contributed by atoms with E-state index in [1.807, 2.05) is 16.7 Å². The number of fused-ring (bicyclic) bond motifs is 1. The zero-order valence-corrected chi connectivity index (χ0v) is 22.6. The molecule has 0 unspecified atom stereocenters. The lowest BCUT2D eigenvalue weighted by Crippen LogP contribution is -2.75. The van der Waals surface area contributed by atoms with Gasteiger partial charge in [0.15, 0.2) is 0 Å². The second-order valence-electron chi connectivity index (χ2n) is 11.2. The van der Waals surface area contributed by atoms with Crippen molar-refractivity contribution in [3.05, 3.63) is 102 Å². The molecule has 0 saturated heterocycles. The maximum atomic E-state index is 13.4. The van der Waals surface area contributed by atoms with Gasteiger partial charge in [-0.3, -0.25) is 9.59 Å². The number of rotatable bonds is 8. The molecule has 0 atom stereocenters. The van der Waals surface area contributed by atoms with Gasteiger partial charge in [-0.25, -0.2) is 13.1 Å². The van der Waals surface area contributed by atoms with E-state index in [1.54, 1.807) is 36.5 Å². The van der Waals surface area contributed by atoms with Crippen molar-refractivity contribution >= 4 is 32.7 Å². The van der Waals surface area contributed by atoms with Crippen molar-refractivity contribution in [2.24, 2.45) is 5.41 Å². The summed E-state index contributed by atoms with van der Waals surface area (Å²) in [6.07, 6.45) is -0.819. The highest BCUT2D eigenvalue weighted by molar-refractivity contribution is 7.90. The van der Waals surface area contributed by atoms with Crippen molar-refractivity contribution in [2.45, 2.75) is 48.8 Å². The van der Waals surface area contributed by atoms with Crippen LogP contribution in [-0.4, -0.2) is 30.3 Å². The van der Waals surface area contributed by atoms with Crippen molar-refractivity contribution in [3.63, 3.8) is 0 Å². The highest BCUT2D eigenvalue weighted by Crippen LogP contribution is 2.69. The van der Waals surface area contributed by atoms with Crippen LogP contribution in [0.1, 0.15) is 47.2 Å². The number of aromatic nitrogens is 1. The van der Waals surface area contributed by atoms with E-state index in [9.17, 15) is 31.2 Å². The average molecular weight is 582 g/mol. The molecule has 2 amide bonds. The molecule has 4 aromatic rings. The Morgan fingerprint density at radius 2 is 1.56 bits per heavy atom. The van der Waals surface area contributed by atoms with E-state index < -0.39 is 33.2 Å². The van der Waals surface area contributed by atoms with Crippen molar-refractivity contribution in [1.82, 2.24) is 14.6 Å². The summed E-state index contributed by atoms with van der Waals surface area (Å²) in [7, 11) is -3.94. The molecule has 3 aliphatic carbocycles. The second-order valence-corrected chi connectivity index (χ2v) is 12.8. The SMILES string of the molecule is O=C(CC12CC(NC(=O)c3cccc4ccn(Cc5ccc(C(F)(F)F)cc5)c34)(C1)C2)NS(=O)(=O)c1ccccc1. The van der Waals surface area contributed by atoms with Crippen LogP contribution in [-0.2, 0) is 27.5 Å². The minimum Gasteiger partial charge on any atom is -0.346 e. The number of para-hydroxylation sites is 1. The molecule has 0 radical (unpaired) electrons. The fraction of sp³-hybridized carbons (Fsp3) is 0.267. The van der Waals surface area contributed by atoms with Crippen LogP contribution in [0, 0.1) is 5.41 Å². The van der Waals surface area contributed by atoms with Crippen molar-refractivity contribution in [2.75, 3.05) is 0 Å². The minimum absolute atomic E-state index is 0.0203. The van der Waals surface area contributed by atoms with Gasteiger partial charge in [-0.05, 0) is 66.6 Å². The number of benzene rings is 3. The molecule has 212 valence electrons. The normalized spacial score (nSPS) is 21.5. The van der Waals surface area contributed by atoms with Gasteiger partial charge in [0, 0.05) is 30.1 Å². The van der Waals surface area contributed by atoms with E-state index in [2.05, 4.69) is 10.0 Å². The Morgan fingerprint density at radius 1 is 0.878 bits per heavy atom. The molecule has 1 heterocycles. The number of carbonyl (C=O) groups is 2. The minimum atomic E-state index is -4.41. The van der Waals surface area contributed by atoms with Crippen LogP contribution in [0.4, 0.5) is 13.2 Å². The van der Waals surface area contributed by atoms with Crippen LogP contribution < -0.4 is 10.0 Å². The molecule has 41 heavy (non-hydrogen) atoms. The first-order valence-electron chi connectivity index (χ1n) is 13.0. The molecule has 2 bridgehead atoms. The van der Waals surface area contributed by atoms with Crippen molar-refractivity contribution in [1.29, 1.82) is 0 Å². The zero-order chi connectivity index (χ0) is 29.0. The molecular formula is C30H26F3N3O4S. The highest BCUT2D eigenvalue weighted by atomic mass is 32.2. The number of sulfonamides is 1. The lowest BCUT2D eigenvalue weighted by molar-refractivity contribution is -0.162. The number of nitrogens with one attached hydrogen (secondary N) is 2. The number of nitrogens with zero attached hydrogens (tertiary/aromatic N) is 1. The quantitative estimate of drug-likeness (QED) is 0.297. The Morgan fingerprint density at radius 3 is 2.22 bits per heavy atom. The van der Waals surface area contributed by atoms with E-state index >= 15 is 0 Å². The van der Waals surface area contributed by atoms with Gasteiger partial charge >= 0.3 is 6.18 Å². The second kappa shape index (κ2) is 9.47. The first-order chi connectivity index (χ1) is 19.4. The topological polar surface area (TPSA) is 97.3 Å². The lowest BCUT2D eigenvalue weighted by atomic mass is 9.38. The summed E-state index contributed by atoms with van der Waals surface area (Å²) in [5.74, 6) is -0.841. The van der Waals surface area contributed by atoms with Crippen LogP contribution in [0.15, 0.2) is 90.0 Å². The summed E-state index contributed by atoms with van der Waals surface area (Å²) in [5.41, 5.74) is 0.299. The van der Waals surface area contributed by atoms with Gasteiger partial charge in [-0.2, -0.15) is 13.2 Å². The van der Waals surface area contributed by atoms with Gasteiger partial charge in [0.05, 0.1) is 21.5 Å². The molecular weight excluding hydrogens is 555 g/mol. The fourth-order valence-corrected chi connectivity index (χ4v) is 7.39. The third-order valence-corrected chi connectivity index (χ3v) is 9.41. The van der Waals surface area contributed by atoms with Gasteiger partial charge in [-0.15, -0.1) is 0 Å². The van der Waals surface area contributed by atoms with Crippen LogP contribution >= 0.6 is 0 Å². The highest BCUT2D eigenvalue weighted by Gasteiger charge is 2.68. The van der Waals surface area contributed by atoms with E-state index in [0.29, 0.717) is 42.5 Å². The number of carbonyl (C=O) groups excluding carboxylic acids is 2. The van der Waals surface area contributed by atoms with Crippen LogP contribution in [0.2, 0.25) is 0 Å². The van der Waals surface area contributed by atoms with E-state index in [-0.39, 0.29) is 22.6 Å². The standard InChI is InChI=1S/C30H26F3N3O4S/c31-30(32,33)22-11-9-20(10-12-22)16-36-14-13-21-5-4-8-24(26(21)36)27(38)34-29-17-28(18-29,19-29)15-25(37)35-41(39,40)23-6-2-1-3-7-23/h1-14H,15-19H2,(H,34,38)(H,35,37). The molecule has 3 aromatic carbocycles. The molecule has 11 heteroatoms. The third kappa shape index (κ3) is 5.10. The van der Waals surface area contributed by atoms with Gasteiger partial charge in [0.2, 0.25) is 5.91 Å². The Hall–Kier alpha value is -4.12. The Bertz CT molecular complexity index is 1740. The fourth-order valence-electron chi connectivity index (χ4n) is 6.38. The Labute approximate surface area is 234 Å². The summed E-state index contributed by atoms with van der Waals surface area (Å²) < 4.78 is 67.7. The van der Waals surface area contributed by atoms with Crippen LogP contribution in [0.25, 0.3) is 10.9 Å².